The monoisotopic (exact) mass is 563 g/mol. The van der Waals surface area contributed by atoms with Gasteiger partial charge in [0, 0.05) is 11.6 Å². The van der Waals surface area contributed by atoms with Gasteiger partial charge in [0.05, 0.1) is 28.0 Å². The Morgan fingerprint density at radius 1 is 0.707 bits per heavy atom. The summed E-state index contributed by atoms with van der Waals surface area (Å²) >= 11 is 0. The van der Waals surface area contributed by atoms with Crippen LogP contribution in [0.2, 0.25) is 0 Å². The molecule has 41 heavy (non-hydrogen) atoms. The van der Waals surface area contributed by atoms with Gasteiger partial charge in [0.1, 0.15) is 0 Å². The zero-order chi connectivity index (χ0) is 30.5. The molecular formula is C31H43B2NO7. The van der Waals surface area contributed by atoms with E-state index in [0.717, 1.165) is 34.9 Å². The largest absolute Gasteiger partial charge is 0.495 e. The smallest absolute Gasteiger partial charge is 0.478 e. The predicted octanol–water partition coefficient (Wildman–Crippen LogP) is 4.18. The molecule has 0 atom stereocenters. The highest BCUT2D eigenvalue weighted by atomic mass is 16.7. The molecule has 0 spiro atoms. The maximum atomic E-state index is 12.2. The van der Waals surface area contributed by atoms with Crippen LogP contribution >= 0.6 is 0 Å². The van der Waals surface area contributed by atoms with E-state index < -0.39 is 31.4 Å². The highest BCUT2D eigenvalue weighted by Gasteiger charge is 2.53. The molecule has 220 valence electrons. The lowest BCUT2D eigenvalue weighted by atomic mass is 9.75. The van der Waals surface area contributed by atoms with Crippen molar-refractivity contribution >= 4 is 37.0 Å². The first-order valence-electron chi connectivity index (χ1n) is 14.3. The Hall–Kier alpha value is -2.65. The summed E-state index contributed by atoms with van der Waals surface area (Å²) in [4.78, 5) is 23.3. The topological polar surface area (TPSA) is 103 Å². The molecule has 8 nitrogen and oxygen atoms in total. The molecule has 1 saturated carbocycles. The van der Waals surface area contributed by atoms with Crippen molar-refractivity contribution in [2.45, 2.75) is 111 Å². The molecular weight excluding hydrogens is 520 g/mol. The fraction of sp³-hybridized carbons (Fsp3) is 0.548. The summed E-state index contributed by atoms with van der Waals surface area (Å²) < 4.78 is 24.1. The quantitative estimate of drug-likeness (QED) is 0.527. The van der Waals surface area contributed by atoms with Crippen molar-refractivity contribution < 1.29 is 33.3 Å². The van der Waals surface area contributed by atoms with Gasteiger partial charge in [-0.3, -0.25) is 4.79 Å². The van der Waals surface area contributed by atoms with Gasteiger partial charge in [-0.25, -0.2) is 4.79 Å². The second-order valence-electron chi connectivity index (χ2n) is 13.4. The number of hydrogen-bond donors (Lipinski definition) is 2. The molecule has 5 rings (SSSR count). The zero-order valence-electron chi connectivity index (χ0n) is 26.0. The molecule has 0 unspecified atom stereocenters. The lowest BCUT2D eigenvalue weighted by molar-refractivity contribution is 0.00578. The summed E-state index contributed by atoms with van der Waals surface area (Å²) in [5, 5.41) is 12.1. The van der Waals surface area contributed by atoms with E-state index in [4.69, 9.17) is 23.7 Å². The fourth-order valence-electron chi connectivity index (χ4n) is 4.50. The van der Waals surface area contributed by atoms with Gasteiger partial charge >= 0.3 is 20.2 Å². The van der Waals surface area contributed by atoms with Crippen molar-refractivity contribution in [2.75, 3.05) is 0 Å². The Morgan fingerprint density at radius 2 is 1.07 bits per heavy atom. The number of carboxylic acids is 1. The summed E-state index contributed by atoms with van der Waals surface area (Å²) in [6.07, 6.45) is 2.17. The molecule has 2 saturated heterocycles. The van der Waals surface area contributed by atoms with Crippen LogP contribution in [0, 0.1) is 13.8 Å². The second kappa shape index (κ2) is 10.9. The zero-order valence-corrected chi connectivity index (χ0v) is 26.0. The number of carbonyl (C=O) groups excluding carboxylic acids is 1. The van der Waals surface area contributed by atoms with E-state index in [0.29, 0.717) is 11.6 Å². The Balaban J connectivity index is 0.000000191. The van der Waals surface area contributed by atoms with Gasteiger partial charge in [-0.2, -0.15) is 0 Å². The Morgan fingerprint density at radius 3 is 1.44 bits per heavy atom. The van der Waals surface area contributed by atoms with Gasteiger partial charge in [-0.05, 0) is 117 Å². The number of carboxylic acid groups (broad SMARTS) is 1. The molecule has 2 aromatic rings. The Kier molecular flexibility index (Phi) is 8.30. The van der Waals surface area contributed by atoms with Gasteiger partial charge in [0.2, 0.25) is 0 Å². The molecule has 2 aromatic carbocycles. The first-order valence-corrected chi connectivity index (χ1v) is 14.3. The standard InChI is InChI=1S/C17H24BNO3.C14H19BO4/c1-11-6-7-12(15(20)19-13-8-9-13)10-14(11)18-21-16(2,3)17(4,5)22-18;1-9-6-7-10(12(16)17)8-11(9)15-18-13(2,3)14(4,5)19-15/h6-7,10,13H,8-9H2,1-5H3,(H,19,20);6-8H,1-5H3,(H,16,17). The molecule has 1 aliphatic carbocycles. The van der Waals surface area contributed by atoms with Gasteiger partial charge in [-0.15, -0.1) is 0 Å². The van der Waals surface area contributed by atoms with Crippen LogP contribution in [0.4, 0.5) is 0 Å². The maximum Gasteiger partial charge on any atom is 0.495 e. The van der Waals surface area contributed by atoms with E-state index >= 15 is 0 Å². The van der Waals surface area contributed by atoms with E-state index in [-0.39, 0.29) is 22.7 Å². The van der Waals surface area contributed by atoms with Gasteiger partial charge in [0.25, 0.3) is 5.91 Å². The summed E-state index contributed by atoms with van der Waals surface area (Å²) in [6.45, 7) is 20.0. The minimum Gasteiger partial charge on any atom is -0.478 e. The van der Waals surface area contributed by atoms with E-state index in [1.54, 1.807) is 18.2 Å². The van der Waals surface area contributed by atoms with Crippen LogP contribution in [0.3, 0.4) is 0 Å². The number of benzene rings is 2. The molecule has 2 aliphatic heterocycles. The Bertz CT molecular complexity index is 1300. The number of hydrogen-bond acceptors (Lipinski definition) is 6. The SMILES string of the molecule is Cc1ccc(C(=O)NC2CC2)cc1B1OC(C)(C)C(C)(C)O1.Cc1ccc(C(=O)O)cc1B1OC(C)(C)C(C)(C)O1. The first-order chi connectivity index (χ1) is 18.8. The Labute approximate surface area is 244 Å². The minimum absolute atomic E-state index is 0.0136. The van der Waals surface area contributed by atoms with E-state index in [9.17, 15) is 9.59 Å². The number of rotatable bonds is 5. The van der Waals surface area contributed by atoms with Crippen LogP contribution in [0.25, 0.3) is 0 Å². The molecule has 3 aliphatic rings. The van der Waals surface area contributed by atoms with Gasteiger partial charge in [0.15, 0.2) is 0 Å². The van der Waals surface area contributed by atoms with E-state index in [2.05, 4.69) is 5.32 Å². The molecule has 3 fully saturated rings. The molecule has 0 bridgehead atoms. The normalized spacial score (nSPS) is 21.7. The summed E-state index contributed by atoms with van der Waals surface area (Å²) in [7, 11) is -0.956. The molecule has 10 heteroatoms. The van der Waals surface area contributed by atoms with Gasteiger partial charge in [-0.1, -0.05) is 23.3 Å². The van der Waals surface area contributed by atoms with E-state index in [1.807, 2.05) is 87.4 Å². The average Bonchev–Trinajstić information content (AvgIpc) is 3.59. The van der Waals surface area contributed by atoms with Crippen molar-refractivity contribution in [2.24, 2.45) is 0 Å². The highest BCUT2D eigenvalue weighted by Crippen LogP contribution is 2.37. The van der Waals surface area contributed by atoms with Crippen LogP contribution in [-0.2, 0) is 18.6 Å². The minimum atomic E-state index is -0.947. The lowest BCUT2D eigenvalue weighted by Gasteiger charge is -2.32. The average molecular weight is 563 g/mol. The maximum absolute atomic E-state index is 12.2. The second-order valence-corrected chi connectivity index (χ2v) is 13.4. The van der Waals surface area contributed by atoms with Crippen molar-refractivity contribution in [1.82, 2.24) is 5.32 Å². The lowest BCUT2D eigenvalue weighted by Crippen LogP contribution is -2.41. The fourth-order valence-corrected chi connectivity index (χ4v) is 4.50. The van der Waals surface area contributed by atoms with Crippen LogP contribution in [0.15, 0.2) is 36.4 Å². The third-order valence-corrected chi connectivity index (χ3v) is 8.99. The first kappa shape index (κ1) is 31.3. The number of carbonyl (C=O) groups is 2. The summed E-state index contributed by atoms with van der Waals surface area (Å²) in [5.41, 5.74) is 3.04. The molecule has 0 aromatic heterocycles. The van der Waals surface area contributed by atoms with Crippen LogP contribution in [0.1, 0.15) is 100 Å². The van der Waals surface area contributed by atoms with Crippen molar-refractivity contribution in [1.29, 1.82) is 0 Å². The van der Waals surface area contributed by atoms with Gasteiger partial charge < -0.3 is 29.0 Å². The number of aromatic carboxylic acids is 1. The van der Waals surface area contributed by atoms with Crippen LogP contribution in [0.5, 0.6) is 0 Å². The molecule has 1 amide bonds. The summed E-state index contributed by atoms with van der Waals surface area (Å²) in [5.74, 6) is -0.960. The number of aryl methyl sites for hydroxylation is 2. The van der Waals surface area contributed by atoms with Crippen molar-refractivity contribution in [3.8, 4) is 0 Å². The number of nitrogens with one attached hydrogen (secondary N) is 1. The molecule has 2 N–H and O–H groups in total. The van der Waals surface area contributed by atoms with Crippen molar-refractivity contribution in [3.63, 3.8) is 0 Å². The molecule has 2 heterocycles. The highest BCUT2D eigenvalue weighted by molar-refractivity contribution is 6.63. The third kappa shape index (κ3) is 6.56. The number of amides is 1. The van der Waals surface area contributed by atoms with Crippen molar-refractivity contribution in [3.05, 3.63) is 58.7 Å². The third-order valence-electron chi connectivity index (χ3n) is 8.99. The molecule has 0 radical (unpaired) electrons. The van der Waals surface area contributed by atoms with Crippen LogP contribution < -0.4 is 16.2 Å². The van der Waals surface area contributed by atoms with E-state index in [1.165, 1.54) is 0 Å². The van der Waals surface area contributed by atoms with Crippen LogP contribution in [-0.4, -0.2) is 59.7 Å². The summed E-state index contributed by atoms with van der Waals surface area (Å²) in [6, 6.07) is 11.1. The predicted molar refractivity (Wildman–Crippen MR) is 161 cm³/mol.